The van der Waals surface area contributed by atoms with Crippen LogP contribution >= 0.6 is 11.3 Å². The second-order valence-electron chi connectivity index (χ2n) is 2.68. The molecular weight excluding hydrogens is 186 g/mol. The Bertz CT molecular complexity index is 307. The van der Waals surface area contributed by atoms with Gasteiger partial charge in [0.05, 0.1) is 12.0 Å². The van der Waals surface area contributed by atoms with E-state index in [1.165, 1.54) is 28.9 Å². The van der Waals surface area contributed by atoms with Gasteiger partial charge in [-0.25, -0.2) is 5.48 Å². The Labute approximate surface area is 81.7 Å². The molecule has 0 aliphatic heterocycles. The second kappa shape index (κ2) is 4.39. The zero-order chi connectivity index (χ0) is 9.84. The van der Waals surface area contributed by atoms with E-state index >= 15 is 0 Å². The van der Waals surface area contributed by atoms with Gasteiger partial charge in [0.15, 0.2) is 0 Å². The van der Waals surface area contributed by atoms with Crippen LogP contribution in [-0.4, -0.2) is 13.0 Å². The number of hydroxylamine groups is 1. The zero-order valence-corrected chi connectivity index (χ0v) is 8.83. The lowest BCUT2D eigenvalue weighted by molar-refractivity contribution is 0.0542. The molecule has 1 aromatic heterocycles. The Morgan fingerprint density at radius 2 is 2.38 bits per heavy atom. The van der Waals surface area contributed by atoms with Crippen LogP contribution in [0.5, 0.6) is 0 Å². The maximum Gasteiger partial charge on any atom is 0.284 e. The molecule has 0 saturated heterocycles. The normalized spacial score (nSPS) is 10.1. The molecule has 0 aromatic carbocycles. The lowest BCUT2D eigenvalue weighted by Gasteiger charge is -1.96. The average Bonchev–Trinajstić information content (AvgIpc) is 2.47. The second-order valence-corrected chi connectivity index (χ2v) is 3.94. The van der Waals surface area contributed by atoms with Gasteiger partial charge in [-0.05, 0) is 25.0 Å². The van der Waals surface area contributed by atoms with Gasteiger partial charge in [-0.2, -0.15) is 0 Å². The molecule has 1 aromatic rings. The fraction of sp³-hybridized carbons (Fsp3) is 0.444. The first-order valence-electron chi connectivity index (χ1n) is 4.11. The van der Waals surface area contributed by atoms with Crippen molar-refractivity contribution >= 4 is 17.2 Å². The number of carbonyl (C=O) groups is 1. The van der Waals surface area contributed by atoms with E-state index in [1.54, 1.807) is 0 Å². The van der Waals surface area contributed by atoms with Crippen LogP contribution in [0.25, 0.3) is 0 Å². The van der Waals surface area contributed by atoms with E-state index in [4.69, 9.17) is 0 Å². The first kappa shape index (κ1) is 10.2. The molecule has 1 heterocycles. The number of amides is 1. The maximum absolute atomic E-state index is 11.3. The molecule has 0 fully saturated rings. The van der Waals surface area contributed by atoms with Crippen LogP contribution in [0.3, 0.4) is 0 Å². The predicted octanol–water partition coefficient (Wildman–Crippen LogP) is 1.91. The number of hydrogen-bond donors (Lipinski definition) is 1. The summed E-state index contributed by atoms with van der Waals surface area (Å²) in [5, 5.41) is 0. The Morgan fingerprint density at radius 3 is 2.85 bits per heavy atom. The maximum atomic E-state index is 11.3. The molecule has 0 radical (unpaired) electrons. The smallest absolute Gasteiger partial charge is 0.277 e. The summed E-state index contributed by atoms with van der Waals surface area (Å²) in [6.45, 7) is 4.10. The molecule has 4 heteroatoms. The highest BCUT2D eigenvalue weighted by atomic mass is 32.1. The molecule has 13 heavy (non-hydrogen) atoms. The Kier molecular flexibility index (Phi) is 3.45. The quantitative estimate of drug-likeness (QED) is 0.755. The standard InChI is InChI=1S/C9H13NO2S/c1-4-7-5-8(13-6(7)2)9(11)10-12-3/h5H,4H2,1-3H3,(H,10,11). The predicted molar refractivity (Wildman–Crippen MR) is 52.9 cm³/mol. The summed E-state index contributed by atoms with van der Waals surface area (Å²) >= 11 is 1.49. The van der Waals surface area contributed by atoms with Crippen molar-refractivity contribution in [3.63, 3.8) is 0 Å². The van der Waals surface area contributed by atoms with Crippen LogP contribution in [0.15, 0.2) is 6.07 Å². The summed E-state index contributed by atoms with van der Waals surface area (Å²) in [7, 11) is 1.43. The van der Waals surface area contributed by atoms with E-state index in [2.05, 4.69) is 17.2 Å². The van der Waals surface area contributed by atoms with Gasteiger partial charge >= 0.3 is 0 Å². The van der Waals surface area contributed by atoms with E-state index < -0.39 is 0 Å². The molecule has 0 bridgehead atoms. The van der Waals surface area contributed by atoms with E-state index in [-0.39, 0.29) is 5.91 Å². The van der Waals surface area contributed by atoms with E-state index in [0.29, 0.717) is 4.88 Å². The van der Waals surface area contributed by atoms with Gasteiger partial charge in [-0.15, -0.1) is 11.3 Å². The van der Waals surface area contributed by atoms with Crippen molar-refractivity contribution in [1.29, 1.82) is 0 Å². The van der Waals surface area contributed by atoms with Crippen molar-refractivity contribution in [2.24, 2.45) is 0 Å². The van der Waals surface area contributed by atoms with Crippen LogP contribution in [0, 0.1) is 6.92 Å². The number of carbonyl (C=O) groups excluding carboxylic acids is 1. The molecule has 0 aliphatic carbocycles. The molecule has 0 unspecified atom stereocenters. The molecule has 1 amide bonds. The Hall–Kier alpha value is -0.870. The highest BCUT2D eigenvalue weighted by Gasteiger charge is 2.10. The van der Waals surface area contributed by atoms with E-state index in [9.17, 15) is 4.79 Å². The van der Waals surface area contributed by atoms with Crippen molar-refractivity contribution < 1.29 is 9.63 Å². The zero-order valence-electron chi connectivity index (χ0n) is 8.01. The third kappa shape index (κ3) is 2.29. The van der Waals surface area contributed by atoms with Gasteiger partial charge in [-0.1, -0.05) is 6.92 Å². The minimum absolute atomic E-state index is 0.171. The molecule has 0 aliphatic rings. The molecular formula is C9H13NO2S. The summed E-state index contributed by atoms with van der Waals surface area (Å²) in [6, 6.07) is 1.91. The molecule has 1 N–H and O–H groups in total. The number of hydrogen-bond acceptors (Lipinski definition) is 3. The minimum Gasteiger partial charge on any atom is -0.277 e. The van der Waals surface area contributed by atoms with Gasteiger partial charge in [-0.3, -0.25) is 9.63 Å². The molecule has 72 valence electrons. The fourth-order valence-corrected chi connectivity index (χ4v) is 2.13. The van der Waals surface area contributed by atoms with Crippen molar-refractivity contribution in [3.05, 3.63) is 21.4 Å². The average molecular weight is 199 g/mol. The minimum atomic E-state index is -0.171. The molecule has 1 rings (SSSR count). The first-order valence-corrected chi connectivity index (χ1v) is 4.93. The summed E-state index contributed by atoms with van der Waals surface area (Å²) in [5.41, 5.74) is 3.53. The largest absolute Gasteiger partial charge is 0.284 e. The monoisotopic (exact) mass is 199 g/mol. The third-order valence-electron chi connectivity index (χ3n) is 1.82. The van der Waals surface area contributed by atoms with Crippen LogP contribution in [0.4, 0.5) is 0 Å². The van der Waals surface area contributed by atoms with Crippen LogP contribution in [-0.2, 0) is 11.3 Å². The Balaban J connectivity index is 2.84. The number of rotatable bonds is 3. The van der Waals surface area contributed by atoms with Crippen LogP contribution in [0.1, 0.15) is 27.0 Å². The van der Waals surface area contributed by atoms with Gasteiger partial charge in [0, 0.05) is 4.88 Å². The van der Waals surface area contributed by atoms with Gasteiger partial charge in [0.2, 0.25) is 0 Å². The lowest BCUT2D eigenvalue weighted by atomic mass is 10.2. The van der Waals surface area contributed by atoms with Crippen molar-refractivity contribution in [2.75, 3.05) is 7.11 Å². The fourth-order valence-electron chi connectivity index (χ4n) is 1.13. The van der Waals surface area contributed by atoms with Gasteiger partial charge in [0.25, 0.3) is 5.91 Å². The topological polar surface area (TPSA) is 38.3 Å². The number of nitrogens with one attached hydrogen (secondary N) is 1. The first-order chi connectivity index (χ1) is 6.19. The number of thiophene rings is 1. The summed E-state index contributed by atoms with van der Waals surface area (Å²) in [4.78, 5) is 17.8. The SMILES string of the molecule is CCc1cc(C(=O)NOC)sc1C. The molecule has 0 spiro atoms. The summed E-state index contributed by atoms with van der Waals surface area (Å²) in [6.07, 6.45) is 0.961. The van der Waals surface area contributed by atoms with Gasteiger partial charge < -0.3 is 0 Å². The van der Waals surface area contributed by atoms with E-state index in [1.807, 2.05) is 13.0 Å². The van der Waals surface area contributed by atoms with Crippen LogP contribution in [0.2, 0.25) is 0 Å². The van der Waals surface area contributed by atoms with Gasteiger partial charge in [0.1, 0.15) is 0 Å². The highest BCUT2D eigenvalue weighted by molar-refractivity contribution is 7.14. The molecule has 0 atom stereocenters. The Morgan fingerprint density at radius 1 is 1.69 bits per heavy atom. The molecule has 3 nitrogen and oxygen atoms in total. The van der Waals surface area contributed by atoms with Crippen molar-refractivity contribution in [1.82, 2.24) is 5.48 Å². The number of aryl methyl sites for hydroxylation is 2. The molecule has 0 saturated carbocycles. The summed E-state index contributed by atoms with van der Waals surface area (Å²) < 4.78 is 0. The van der Waals surface area contributed by atoms with E-state index in [0.717, 1.165) is 6.42 Å². The summed E-state index contributed by atoms with van der Waals surface area (Å²) in [5.74, 6) is -0.171. The van der Waals surface area contributed by atoms with Crippen LogP contribution < -0.4 is 5.48 Å². The lowest BCUT2D eigenvalue weighted by Crippen LogP contribution is -2.20. The highest BCUT2D eigenvalue weighted by Crippen LogP contribution is 2.21. The third-order valence-corrected chi connectivity index (χ3v) is 2.91. The van der Waals surface area contributed by atoms with Crippen molar-refractivity contribution in [2.45, 2.75) is 20.3 Å². The van der Waals surface area contributed by atoms with Crippen molar-refractivity contribution in [3.8, 4) is 0 Å².